The van der Waals surface area contributed by atoms with E-state index in [1.54, 1.807) is 13.2 Å². The van der Waals surface area contributed by atoms with Crippen LogP contribution in [0.25, 0.3) is 0 Å². The van der Waals surface area contributed by atoms with Crippen LogP contribution in [0.15, 0.2) is 23.1 Å². The molecular weight excluding hydrogens is 262 g/mol. The van der Waals surface area contributed by atoms with Crippen molar-refractivity contribution in [3.8, 4) is 0 Å². The summed E-state index contributed by atoms with van der Waals surface area (Å²) in [6.07, 6.45) is 1.25. The number of sulfone groups is 1. The van der Waals surface area contributed by atoms with Gasteiger partial charge in [-0.05, 0) is 31.0 Å². The Morgan fingerprint density at radius 3 is 2.71 bits per heavy atom. The molecule has 0 bridgehead atoms. The second-order valence-corrected chi connectivity index (χ2v) is 6.19. The normalized spacial score (nSPS) is 11.6. The van der Waals surface area contributed by atoms with Crippen LogP contribution in [0.4, 0.5) is 5.69 Å². The largest absolute Gasteiger partial charge is 0.399 e. The molecular formula is C11H16ClNO3S. The number of nitrogen functional groups attached to an aromatic ring is 1. The van der Waals surface area contributed by atoms with Crippen LogP contribution in [0.2, 0.25) is 5.02 Å². The Bertz CT molecular complexity index is 474. The van der Waals surface area contributed by atoms with Gasteiger partial charge in [-0.1, -0.05) is 11.6 Å². The molecule has 17 heavy (non-hydrogen) atoms. The van der Waals surface area contributed by atoms with Gasteiger partial charge in [0.1, 0.15) is 0 Å². The van der Waals surface area contributed by atoms with E-state index in [4.69, 9.17) is 22.1 Å². The van der Waals surface area contributed by atoms with Crippen LogP contribution in [0.3, 0.4) is 0 Å². The van der Waals surface area contributed by atoms with E-state index in [9.17, 15) is 8.42 Å². The maximum Gasteiger partial charge on any atom is 0.179 e. The van der Waals surface area contributed by atoms with Gasteiger partial charge >= 0.3 is 0 Å². The highest BCUT2D eigenvalue weighted by Crippen LogP contribution is 2.25. The molecule has 0 unspecified atom stereocenters. The van der Waals surface area contributed by atoms with Crippen LogP contribution in [-0.2, 0) is 14.6 Å². The van der Waals surface area contributed by atoms with Crippen molar-refractivity contribution in [1.29, 1.82) is 0 Å². The van der Waals surface area contributed by atoms with E-state index in [1.165, 1.54) is 12.1 Å². The third-order valence-electron chi connectivity index (χ3n) is 2.30. The summed E-state index contributed by atoms with van der Waals surface area (Å²) in [6, 6.07) is 4.47. The number of ether oxygens (including phenoxy) is 1. The predicted octanol–water partition coefficient (Wildman–Crippen LogP) is 2.12. The predicted molar refractivity (Wildman–Crippen MR) is 69.0 cm³/mol. The van der Waals surface area contributed by atoms with Crippen molar-refractivity contribution < 1.29 is 13.2 Å². The van der Waals surface area contributed by atoms with Crippen molar-refractivity contribution >= 4 is 27.1 Å². The van der Waals surface area contributed by atoms with Gasteiger partial charge < -0.3 is 10.5 Å². The van der Waals surface area contributed by atoms with Crippen LogP contribution in [-0.4, -0.2) is 27.9 Å². The topological polar surface area (TPSA) is 69.4 Å². The zero-order valence-corrected chi connectivity index (χ0v) is 11.2. The Morgan fingerprint density at radius 2 is 2.06 bits per heavy atom. The zero-order valence-electron chi connectivity index (χ0n) is 9.65. The Hall–Kier alpha value is -0.780. The number of methoxy groups -OCH3 is 1. The lowest BCUT2D eigenvalue weighted by Gasteiger charge is -2.07. The molecule has 0 aromatic heterocycles. The van der Waals surface area contributed by atoms with Gasteiger partial charge in [-0.2, -0.15) is 0 Å². The minimum Gasteiger partial charge on any atom is -0.399 e. The summed E-state index contributed by atoms with van der Waals surface area (Å²) in [6.45, 7) is 0.556. The van der Waals surface area contributed by atoms with Crippen LogP contribution in [0.5, 0.6) is 0 Å². The number of hydrogen-bond acceptors (Lipinski definition) is 4. The van der Waals surface area contributed by atoms with E-state index < -0.39 is 9.84 Å². The SMILES string of the molecule is COCCCCS(=O)(=O)c1cc(N)ccc1Cl. The zero-order chi connectivity index (χ0) is 12.9. The second kappa shape index (κ2) is 6.23. The number of hydrogen-bond donors (Lipinski definition) is 1. The lowest BCUT2D eigenvalue weighted by Crippen LogP contribution is -2.09. The molecule has 6 heteroatoms. The number of unbranched alkanes of at least 4 members (excludes halogenated alkanes) is 1. The van der Waals surface area contributed by atoms with Gasteiger partial charge in [-0.15, -0.1) is 0 Å². The molecule has 1 aromatic rings. The summed E-state index contributed by atoms with van der Waals surface area (Å²) in [7, 11) is -1.77. The molecule has 0 heterocycles. The van der Waals surface area contributed by atoms with Gasteiger partial charge in [0.05, 0.1) is 15.7 Å². The van der Waals surface area contributed by atoms with Gasteiger partial charge in [0.25, 0.3) is 0 Å². The average Bonchev–Trinajstić information content (AvgIpc) is 2.28. The summed E-state index contributed by atoms with van der Waals surface area (Å²) in [5.41, 5.74) is 5.95. The smallest absolute Gasteiger partial charge is 0.179 e. The molecule has 4 nitrogen and oxygen atoms in total. The molecule has 1 aromatic carbocycles. The van der Waals surface area contributed by atoms with Crippen LogP contribution >= 0.6 is 11.6 Å². The number of halogens is 1. The standard InChI is InChI=1S/C11H16ClNO3S/c1-16-6-2-3-7-17(14,15)11-8-9(13)4-5-10(11)12/h4-5,8H,2-3,6-7,13H2,1H3. The van der Waals surface area contributed by atoms with E-state index in [1.807, 2.05) is 0 Å². The first-order chi connectivity index (χ1) is 7.97. The molecule has 0 fully saturated rings. The van der Waals surface area contributed by atoms with Gasteiger partial charge in [0.15, 0.2) is 9.84 Å². The molecule has 0 aliphatic carbocycles. The lowest BCUT2D eigenvalue weighted by atomic mass is 10.3. The van der Waals surface area contributed by atoms with E-state index in [0.29, 0.717) is 25.1 Å². The average molecular weight is 278 g/mol. The quantitative estimate of drug-likeness (QED) is 0.639. The monoisotopic (exact) mass is 277 g/mol. The molecule has 0 radical (unpaired) electrons. The third-order valence-corrected chi connectivity index (χ3v) is 4.58. The van der Waals surface area contributed by atoms with E-state index in [-0.39, 0.29) is 15.7 Å². The van der Waals surface area contributed by atoms with Crippen molar-refractivity contribution in [2.45, 2.75) is 17.7 Å². The second-order valence-electron chi connectivity index (χ2n) is 3.71. The molecule has 0 aliphatic rings. The van der Waals surface area contributed by atoms with E-state index in [2.05, 4.69) is 0 Å². The van der Waals surface area contributed by atoms with E-state index >= 15 is 0 Å². The van der Waals surface area contributed by atoms with Gasteiger partial charge in [0.2, 0.25) is 0 Å². The Kier molecular flexibility index (Phi) is 5.24. The molecule has 0 atom stereocenters. The first-order valence-electron chi connectivity index (χ1n) is 5.24. The molecule has 0 saturated carbocycles. The maximum atomic E-state index is 12.0. The molecule has 0 aliphatic heterocycles. The van der Waals surface area contributed by atoms with Gasteiger partial charge in [0, 0.05) is 19.4 Å². The Morgan fingerprint density at radius 1 is 1.35 bits per heavy atom. The molecule has 96 valence electrons. The summed E-state index contributed by atoms with van der Waals surface area (Å²) in [5, 5.41) is 0.214. The fraction of sp³-hybridized carbons (Fsp3) is 0.455. The molecule has 2 N–H and O–H groups in total. The molecule has 0 spiro atoms. The number of anilines is 1. The molecule has 0 saturated heterocycles. The van der Waals surface area contributed by atoms with Gasteiger partial charge in [-0.3, -0.25) is 0 Å². The highest BCUT2D eigenvalue weighted by molar-refractivity contribution is 7.91. The van der Waals surface area contributed by atoms with Crippen molar-refractivity contribution in [3.05, 3.63) is 23.2 Å². The Labute approximate surface area is 107 Å². The summed E-state index contributed by atoms with van der Waals surface area (Å²) in [4.78, 5) is 0.108. The molecule has 1 rings (SSSR count). The molecule has 0 amide bonds. The lowest BCUT2D eigenvalue weighted by molar-refractivity contribution is 0.194. The van der Waals surface area contributed by atoms with Gasteiger partial charge in [-0.25, -0.2) is 8.42 Å². The summed E-state index contributed by atoms with van der Waals surface area (Å²) >= 11 is 5.86. The fourth-order valence-electron chi connectivity index (χ4n) is 1.41. The van der Waals surface area contributed by atoms with Crippen molar-refractivity contribution in [2.24, 2.45) is 0 Å². The van der Waals surface area contributed by atoms with Crippen LogP contribution in [0.1, 0.15) is 12.8 Å². The first-order valence-corrected chi connectivity index (χ1v) is 7.27. The summed E-state index contributed by atoms with van der Waals surface area (Å²) in [5.74, 6) is 0.0551. The number of nitrogens with two attached hydrogens (primary N) is 1. The van der Waals surface area contributed by atoms with Crippen molar-refractivity contribution in [1.82, 2.24) is 0 Å². The summed E-state index contributed by atoms with van der Waals surface area (Å²) < 4.78 is 28.8. The first kappa shape index (κ1) is 14.3. The van der Waals surface area contributed by atoms with E-state index in [0.717, 1.165) is 0 Å². The maximum absolute atomic E-state index is 12.0. The number of benzene rings is 1. The highest BCUT2D eigenvalue weighted by atomic mass is 35.5. The minimum atomic E-state index is -3.36. The van der Waals surface area contributed by atoms with Crippen LogP contribution in [0, 0.1) is 0 Å². The minimum absolute atomic E-state index is 0.0551. The Balaban J connectivity index is 2.79. The number of rotatable bonds is 6. The van der Waals surface area contributed by atoms with Crippen molar-refractivity contribution in [2.75, 3.05) is 25.2 Å². The fourth-order valence-corrected chi connectivity index (χ4v) is 3.36. The van der Waals surface area contributed by atoms with Crippen molar-refractivity contribution in [3.63, 3.8) is 0 Å². The highest BCUT2D eigenvalue weighted by Gasteiger charge is 2.17. The third kappa shape index (κ3) is 4.18. The van der Waals surface area contributed by atoms with Crippen LogP contribution < -0.4 is 5.73 Å².